The van der Waals surface area contributed by atoms with Crippen molar-refractivity contribution >= 4 is 34.9 Å². The first-order valence-corrected chi connectivity index (χ1v) is 6.55. The number of carbonyl (C=O) groups excluding carboxylic acids is 1. The molecule has 0 aliphatic carbocycles. The third kappa shape index (κ3) is 4.22. The van der Waals surface area contributed by atoms with Crippen LogP contribution in [0.2, 0.25) is 5.02 Å². The lowest BCUT2D eigenvalue weighted by atomic mass is 10.2. The molecule has 0 saturated heterocycles. The Balaban J connectivity index is 2.01. The molecule has 0 bridgehead atoms. The summed E-state index contributed by atoms with van der Waals surface area (Å²) in [5.74, 6) is -1.49. The van der Waals surface area contributed by atoms with Gasteiger partial charge in [-0.15, -0.1) is 0 Å². The number of halogens is 1. The maximum Gasteiger partial charge on any atom is 0.337 e. The highest BCUT2D eigenvalue weighted by atomic mass is 35.5. The first-order chi connectivity index (χ1) is 10.1. The van der Waals surface area contributed by atoms with Crippen LogP contribution in [-0.4, -0.2) is 23.5 Å². The first-order valence-electron chi connectivity index (χ1n) is 6.18. The molecule has 0 aromatic heterocycles. The highest BCUT2D eigenvalue weighted by Gasteiger charge is 2.13. The van der Waals surface area contributed by atoms with Gasteiger partial charge in [-0.25, -0.2) is 4.79 Å². The summed E-state index contributed by atoms with van der Waals surface area (Å²) in [6.07, 6.45) is 0. The predicted molar refractivity (Wildman–Crippen MR) is 82.0 cm³/mol. The third-order valence-electron chi connectivity index (χ3n) is 2.71. The van der Waals surface area contributed by atoms with Gasteiger partial charge in [-0.05, 0) is 30.3 Å². The number of carbonyl (C=O) groups is 2. The molecule has 0 unspecified atom stereocenters. The van der Waals surface area contributed by atoms with E-state index in [1.165, 1.54) is 18.2 Å². The van der Waals surface area contributed by atoms with Crippen LogP contribution in [-0.2, 0) is 4.79 Å². The van der Waals surface area contributed by atoms with Crippen molar-refractivity contribution in [3.8, 4) is 0 Å². The van der Waals surface area contributed by atoms with Gasteiger partial charge < -0.3 is 15.7 Å². The molecule has 5 nitrogen and oxygen atoms in total. The minimum absolute atomic E-state index is 0.0334. The second-order valence-corrected chi connectivity index (χ2v) is 4.70. The van der Waals surface area contributed by atoms with Gasteiger partial charge in [0.15, 0.2) is 0 Å². The van der Waals surface area contributed by atoms with Crippen molar-refractivity contribution in [2.24, 2.45) is 0 Å². The third-order valence-corrected chi connectivity index (χ3v) is 2.95. The van der Waals surface area contributed by atoms with Crippen LogP contribution in [0.25, 0.3) is 0 Å². The monoisotopic (exact) mass is 304 g/mol. The molecule has 2 aromatic rings. The average molecular weight is 305 g/mol. The molecule has 21 heavy (non-hydrogen) atoms. The SMILES string of the molecule is O=C(CNc1ccccc1)Nc1ccc(Cl)cc1C(=O)O. The quantitative estimate of drug-likeness (QED) is 0.793. The Bertz CT molecular complexity index is 659. The van der Waals surface area contributed by atoms with Gasteiger partial charge in [-0.3, -0.25) is 4.79 Å². The number of nitrogens with one attached hydrogen (secondary N) is 2. The molecule has 0 atom stereocenters. The summed E-state index contributed by atoms with van der Waals surface area (Å²) in [7, 11) is 0. The van der Waals surface area contributed by atoms with Crippen LogP contribution >= 0.6 is 11.6 Å². The maximum atomic E-state index is 11.8. The van der Waals surface area contributed by atoms with E-state index in [2.05, 4.69) is 10.6 Å². The van der Waals surface area contributed by atoms with Crippen LogP contribution < -0.4 is 10.6 Å². The lowest BCUT2D eigenvalue weighted by molar-refractivity contribution is -0.114. The molecule has 2 rings (SSSR count). The number of benzene rings is 2. The van der Waals surface area contributed by atoms with Crippen LogP contribution in [0.4, 0.5) is 11.4 Å². The van der Waals surface area contributed by atoms with E-state index in [-0.39, 0.29) is 23.7 Å². The van der Waals surface area contributed by atoms with Gasteiger partial charge in [0, 0.05) is 10.7 Å². The number of carboxylic acids is 1. The summed E-state index contributed by atoms with van der Waals surface area (Å²) >= 11 is 5.75. The molecule has 1 amide bonds. The second kappa shape index (κ2) is 6.76. The van der Waals surface area contributed by atoms with Crippen molar-refractivity contribution in [2.75, 3.05) is 17.2 Å². The normalized spacial score (nSPS) is 9.95. The van der Waals surface area contributed by atoms with E-state index in [0.29, 0.717) is 5.02 Å². The number of amides is 1. The fourth-order valence-electron chi connectivity index (χ4n) is 1.74. The van der Waals surface area contributed by atoms with E-state index in [0.717, 1.165) is 5.69 Å². The highest BCUT2D eigenvalue weighted by Crippen LogP contribution is 2.20. The maximum absolute atomic E-state index is 11.8. The van der Waals surface area contributed by atoms with Gasteiger partial charge in [-0.2, -0.15) is 0 Å². The molecule has 0 radical (unpaired) electrons. The standard InChI is InChI=1S/C15H13ClN2O3/c16-10-6-7-13(12(8-10)15(20)21)18-14(19)9-17-11-4-2-1-3-5-11/h1-8,17H,9H2,(H,18,19)(H,20,21). The number of aromatic carboxylic acids is 1. The number of para-hydroxylation sites is 1. The van der Waals surface area contributed by atoms with Gasteiger partial charge in [0.1, 0.15) is 0 Å². The summed E-state index contributed by atoms with van der Waals surface area (Å²) in [4.78, 5) is 23.0. The zero-order chi connectivity index (χ0) is 15.2. The van der Waals surface area contributed by atoms with Crippen LogP contribution in [0.3, 0.4) is 0 Å². The zero-order valence-electron chi connectivity index (χ0n) is 11.0. The number of anilines is 2. The van der Waals surface area contributed by atoms with Gasteiger partial charge >= 0.3 is 5.97 Å². The number of carboxylic acid groups (broad SMARTS) is 1. The summed E-state index contributed by atoms with van der Waals surface area (Å²) in [5.41, 5.74) is 0.976. The minimum Gasteiger partial charge on any atom is -0.478 e. The van der Waals surface area contributed by atoms with E-state index < -0.39 is 5.97 Å². The van der Waals surface area contributed by atoms with Crippen LogP contribution in [0.5, 0.6) is 0 Å². The second-order valence-electron chi connectivity index (χ2n) is 4.26. The van der Waals surface area contributed by atoms with Crippen molar-refractivity contribution in [2.45, 2.75) is 0 Å². The summed E-state index contributed by atoms with van der Waals surface area (Å²) < 4.78 is 0. The highest BCUT2D eigenvalue weighted by molar-refractivity contribution is 6.31. The minimum atomic E-state index is -1.15. The van der Waals surface area contributed by atoms with E-state index in [1.807, 2.05) is 30.3 Å². The Morgan fingerprint density at radius 1 is 1.10 bits per heavy atom. The lowest BCUT2D eigenvalue weighted by Gasteiger charge is -2.10. The van der Waals surface area contributed by atoms with Crippen LogP contribution in [0.15, 0.2) is 48.5 Å². The number of rotatable bonds is 5. The fraction of sp³-hybridized carbons (Fsp3) is 0.0667. The molecule has 0 saturated carbocycles. The molecule has 2 aromatic carbocycles. The van der Waals surface area contributed by atoms with Crippen molar-refractivity contribution in [3.05, 3.63) is 59.1 Å². The van der Waals surface area contributed by atoms with Gasteiger partial charge in [0.25, 0.3) is 0 Å². The Kier molecular flexibility index (Phi) is 4.79. The molecule has 0 spiro atoms. The largest absolute Gasteiger partial charge is 0.478 e. The van der Waals surface area contributed by atoms with Gasteiger partial charge in [-0.1, -0.05) is 29.8 Å². The van der Waals surface area contributed by atoms with E-state index in [9.17, 15) is 9.59 Å². The molecule has 108 valence electrons. The molecule has 6 heteroatoms. The molecular formula is C15H13ClN2O3. The molecule has 0 heterocycles. The van der Waals surface area contributed by atoms with E-state index in [4.69, 9.17) is 16.7 Å². The van der Waals surface area contributed by atoms with Crippen molar-refractivity contribution in [3.63, 3.8) is 0 Å². The lowest BCUT2D eigenvalue weighted by Crippen LogP contribution is -2.22. The van der Waals surface area contributed by atoms with Gasteiger partial charge in [0.2, 0.25) is 5.91 Å². The first kappa shape index (κ1) is 14.9. The Morgan fingerprint density at radius 3 is 2.48 bits per heavy atom. The van der Waals surface area contributed by atoms with Crippen LogP contribution in [0, 0.1) is 0 Å². The molecule has 0 fully saturated rings. The zero-order valence-corrected chi connectivity index (χ0v) is 11.7. The van der Waals surface area contributed by atoms with E-state index >= 15 is 0 Å². The Hall–Kier alpha value is -2.53. The van der Waals surface area contributed by atoms with Crippen LogP contribution in [0.1, 0.15) is 10.4 Å². The summed E-state index contributed by atoms with van der Waals surface area (Å²) in [6.45, 7) is 0.0334. The fourth-order valence-corrected chi connectivity index (χ4v) is 1.91. The average Bonchev–Trinajstić information content (AvgIpc) is 2.48. The van der Waals surface area contributed by atoms with Crippen molar-refractivity contribution in [1.82, 2.24) is 0 Å². The molecule has 3 N–H and O–H groups in total. The summed E-state index contributed by atoms with van der Waals surface area (Å²) in [6, 6.07) is 13.5. The van der Waals surface area contributed by atoms with Crippen molar-refractivity contribution < 1.29 is 14.7 Å². The molecular weight excluding hydrogens is 292 g/mol. The number of hydrogen-bond donors (Lipinski definition) is 3. The smallest absolute Gasteiger partial charge is 0.337 e. The number of hydrogen-bond acceptors (Lipinski definition) is 3. The van der Waals surface area contributed by atoms with E-state index in [1.54, 1.807) is 0 Å². The Morgan fingerprint density at radius 2 is 1.81 bits per heavy atom. The topological polar surface area (TPSA) is 78.4 Å². The van der Waals surface area contributed by atoms with Crippen molar-refractivity contribution in [1.29, 1.82) is 0 Å². The summed E-state index contributed by atoms with van der Waals surface area (Å²) in [5, 5.41) is 14.9. The molecule has 0 aliphatic heterocycles. The molecule has 0 aliphatic rings. The van der Waals surface area contributed by atoms with Gasteiger partial charge in [0.05, 0.1) is 17.8 Å². The predicted octanol–water partition coefficient (Wildman–Crippen LogP) is 3.09. The Labute approximate surface area is 126 Å².